The Kier molecular flexibility index (Phi) is 5.86. The molecule has 3 aromatic rings. The second kappa shape index (κ2) is 8.16. The van der Waals surface area contributed by atoms with Crippen LogP contribution in [0.1, 0.15) is 27.7 Å². The minimum atomic E-state index is -3.76. The molecule has 0 saturated carbocycles. The summed E-state index contributed by atoms with van der Waals surface area (Å²) in [5.74, 6) is -0.333. The summed E-state index contributed by atoms with van der Waals surface area (Å²) in [5, 5.41) is 4.55. The zero-order chi connectivity index (χ0) is 20.3. The van der Waals surface area contributed by atoms with E-state index in [0.29, 0.717) is 16.3 Å². The van der Waals surface area contributed by atoms with E-state index in [9.17, 15) is 13.2 Å². The van der Waals surface area contributed by atoms with E-state index in [1.165, 1.54) is 23.9 Å². The van der Waals surface area contributed by atoms with E-state index in [0.717, 1.165) is 16.3 Å². The Morgan fingerprint density at radius 1 is 1.04 bits per heavy atom. The van der Waals surface area contributed by atoms with Gasteiger partial charge in [0.1, 0.15) is 4.88 Å². The number of aryl methyl sites for hydroxylation is 2. The van der Waals surface area contributed by atoms with Gasteiger partial charge in [-0.1, -0.05) is 36.8 Å². The van der Waals surface area contributed by atoms with E-state index in [2.05, 4.69) is 12.2 Å². The highest BCUT2D eigenvalue weighted by Gasteiger charge is 2.26. The standard InChI is InChI=1S/C21H22N2O3S2/c1-4-16-7-9-17(10-8-16)22-21(24)20-19(13-14-27-20)23(3)28(25,26)18-11-5-15(2)6-12-18/h5-14H,4H2,1-3H3,(H,22,24). The lowest BCUT2D eigenvalue weighted by molar-refractivity contribution is 0.103. The van der Waals surface area contributed by atoms with Crippen molar-refractivity contribution in [1.82, 2.24) is 0 Å². The summed E-state index contributed by atoms with van der Waals surface area (Å²) in [6, 6.07) is 15.9. The molecule has 1 amide bonds. The highest BCUT2D eigenvalue weighted by molar-refractivity contribution is 7.92. The number of benzene rings is 2. The van der Waals surface area contributed by atoms with E-state index < -0.39 is 10.0 Å². The quantitative estimate of drug-likeness (QED) is 0.636. The van der Waals surface area contributed by atoms with Gasteiger partial charge in [0.2, 0.25) is 0 Å². The van der Waals surface area contributed by atoms with Crippen molar-refractivity contribution in [3.63, 3.8) is 0 Å². The molecule has 1 N–H and O–H groups in total. The van der Waals surface area contributed by atoms with Gasteiger partial charge in [0.15, 0.2) is 0 Å². The number of carbonyl (C=O) groups excluding carboxylic acids is 1. The maximum Gasteiger partial charge on any atom is 0.267 e. The van der Waals surface area contributed by atoms with Crippen LogP contribution >= 0.6 is 11.3 Å². The van der Waals surface area contributed by atoms with Crippen LogP contribution in [0, 0.1) is 6.92 Å². The Morgan fingerprint density at radius 3 is 2.29 bits per heavy atom. The molecule has 2 aromatic carbocycles. The summed E-state index contributed by atoms with van der Waals surface area (Å²) >= 11 is 1.21. The van der Waals surface area contributed by atoms with Gasteiger partial charge in [-0.05, 0) is 54.6 Å². The first-order valence-electron chi connectivity index (χ1n) is 8.86. The fraction of sp³-hybridized carbons (Fsp3) is 0.190. The van der Waals surface area contributed by atoms with Crippen LogP contribution in [0.2, 0.25) is 0 Å². The third kappa shape index (κ3) is 4.10. The number of carbonyl (C=O) groups is 1. The van der Waals surface area contributed by atoms with Crippen molar-refractivity contribution >= 4 is 38.6 Å². The number of nitrogens with one attached hydrogen (secondary N) is 1. The number of hydrogen-bond acceptors (Lipinski definition) is 4. The predicted molar refractivity (Wildman–Crippen MR) is 115 cm³/mol. The summed E-state index contributed by atoms with van der Waals surface area (Å²) in [6.45, 7) is 3.96. The van der Waals surface area contributed by atoms with E-state index in [-0.39, 0.29) is 10.8 Å². The average Bonchev–Trinajstić information content (AvgIpc) is 3.18. The van der Waals surface area contributed by atoms with Crippen LogP contribution in [0.3, 0.4) is 0 Å². The number of hydrogen-bond donors (Lipinski definition) is 1. The molecule has 1 aromatic heterocycles. The van der Waals surface area contributed by atoms with Gasteiger partial charge in [-0.2, -0.15) is 0 Å². The molecule has 146 valence electrons. The van der Waals surface area contributed by atoms with Crippen molar-refractivity contribution in [3.8, 4) is 0 Å². The normalized spacial score (nSPS) is 11.2. The molecular weight excluding hydrogens is 392 g/mol. The molecule has 0 unspecified atom stereocenters. The number of anilines is 2. The third-order valence-electron chi connectivity index (χ3n) is 4.49. The molecule has 3 rings (SSSR count). The Morgan fingerprint density at radius 2 is 1.68 bits per heavy atom. The monoisotopic (exact) mass is 414 g/mol. The van der Waals surface area contributed by atoms with Crippen LogP contribution in [0.25, 0.3) is 0 Å². The minimum Gasteiger partial charge on any atom is -0.321 e. The fourth-order valence-corrected chi connectivity index (χ4v) is 4.81. The lowest BCUT2D eigenvalue weighted by atomic mass is 10.1. The summed E-state index contributed by atoms with van der Waals surface area (Å²) in [6.07, 6.45) is 0.922. The summed E-state index contributed by atoms with van der Waals surface area (Å²) in [5.41, 5.74) is 3.18. The van der Waals surface area contributed by atoms with Crippen molar-refractivity contribution in [1.29, 1.82) is 0 Å². The number of thiophene rings is 1. The minimum absolute atomic E-state index is 0.188. The van der Waals surface area contributed by atoms with Crippen molar-refractivity contribution in [3.05, 3.63) is 76.0 Å². The first-order chi connectivity index (χ1) is 13.3. The molecule has 5 nitrogen and oxygen atoms in total. The second-order valence-corrected chi connectivity index (χ2v) is 9.31. The van der Waals surface area contributed by atoms with Crippen molar-refractivity contribution in [2.45, 2.75) is 25.2 Å². The van der Waals surface area contributed by atoms with Gasteiger partial charge in [0.25, 0.3) is 15.9 Å². The van der Waals surface area contributed by atoms with Gasteiger partial charge in [-0.3, -0.25) is 9.10 Å². The first-order valence-corrected chi connectivity index (χ1v) is 11.2. The summed E-state index contributed by atoms with van der Waals surface area (Å²) in [7, 11) is -2.29. The zero-order valence-corrected chi connectivity index (χ0v) is 17.6. The van der Waals surface area contributed by atoms with E-state index in [1.54, 1.807) is 35.7 Å². The molecule has 0 fully saturated rings. The molecule has 0 atom stereocenters. The topological polar surface area (TPSA) is 66.5 Å². The maximum atomic E-state index is 12.9. The lowest BCUT2D eigenvalue weighted by Crippen LogP contribution is -2.28. The summed E-state index contributed by atoms with van der Waals surface area (Å²) < 4.78 is 27.0. The smallest absolute Gasteiger partial charge is 0.267 e. The molecule has 0 saturated heterocycles. The van der Waals surface area contributed by atoms with Crippen LogP contribution < -0.4 is 9.62 Å². The highest BCUT2D eigenvalue weighted by Crippen LogP contribution is 2.30. The molecule has 0 aliphatic heterocycles. The fourth-order valence-electron chi connectivity index (χ4n) is 2.73. The van der Waals surface area contributed by atoms with E-state index in [1.807, 2.05) is 31.2 Å². The Hall–Kier alpha value is -2.64. The SMILES string of the molecule is CCc1ccc(NC(=O)c2sccc2N(C)S(=O)(=O)c2ccc(C)cc2)cc1. The third-order valence-corrected chi connectivity index (χ3v) is 7.18. The van der Waals surface area contributed by atoms with Gasteiger partial charge in [0, 0.05) is 12.7 Å². The van der Waals surface area contributed by atoms with E-state index >= 15 is 0 Å². The van der Waals surface area contributed by atoms with Gasteiger partial charge in [-0.15, -0.1) is 11.3 Å². The largest absolute Gasteiger partial charge is 0.321 e. The predicted octanol–water partition coefficient (Wildman–Crippen LogP) is 4.70. The van der Waals surface area contributed by atoms with Crippen LogP contribution in [0.4, 0.5) is 11.4 Å². The van der Waals surface area contributed by atoms with Crippen LogP contribution in [0.15, 0.2) is 64.9 Å². The number of sulfonamides is 1. The lowest BCUT2D eigenvalue weighted by Gasteiger charge is -2.20. The van der Waals surface area contributed by atoms with Crippen LogP contribution in [-0.2, 0) is 16.4 Å². The Bertz CT molecular complexity index is 1070. The molecule has 0 radical (unpaired) electrons. The molecular formula is C21H22N2O3S2. The number of nitrogens with zero attached hydrogens (tertiary/aromatic N) is 1. The number of rotatable bonds is 6. The molecule has 0 aliphatic rings. The van der Waals surface area contributed by atoms with Gasteiger partial charge in [0.05, 0.1) is 10.6 Å². The first kappa shape index (κ1) is 20.1. The molecule has 1 heterocycles. The molecule has 7 heteroatoms. The Balaban J connectivity index is 1.85. The number of amides is 1. The zero-order valence-electron chi connectivity index (χ0n) is 16.0. The molecule has 0 aliphatic carbocycles. The maximum absolute atomic E-state index is 12.9. The van der Waals surface area contributed by atoms with Crippen molar-refractivity contribution < 1.29 is 13.2 Å². The Labute approximate surface area is 169 Å². The van der Waals surface area contributed by atoms with Crippen molar-refractivity contribution in [2.75, 3.05) is 16.7 Å². The second-order valence-electron chi connectivity index (χ2n) is 6.43. The van der Waals surface area contributed by atoms with Gasteiger partial charge >= 0.3 is 0 Å². The summed E-state index contributed by atoms with van der Waals surface area (Å²) in [4.78, 5) is 13.3. The average molecular weight is 415 g/mol. The molecule has 0 spiro atoms. The van der Waals surface area contributed by atoms with E-state index in [4.69, 9.17) is 0 Å². The molecule has 28 heavy (non-hydrogen) atoms. The van der Waals surface area contributed by atoms with Crippen LogP contribution in [-0.4, -0.2) is 21.4 Å². The molecule has 0 bridgehead atoms. The van der Waals surface area contributed by atoms with Crippen LogP contribution in [0.5, 0.6) is 0 Å². The van der Waals surface area contributed by atoms with Crippen molar-refractivity contribution in [2.24, 2.45) is 0 Å². The highest BCUT2D eigenvalue weighted by atomic mass is 32.2. The van der Waals surface area contributed by atoms with Gasteiger partial charge in [-0.25, -0.2) is 8.42 Å². The van der Waals surface area contributed by atoms with Gasteiger partial charge < -0.3 is 5.32 Å².